The van der Waals surface area contributed by atoms with Crippen molar-refractivity contribution in [2.45, 2.75) is 25.8 Å². The lowest BCUT2D eigenvalue weighted by Gasteiger charge is -2.36. The van der Waals surface area contributed by atoms with Gasteiger partial charge in [0.15, 0.2) is 0 Å². The lowest BCUT2D eigenvalue weighted by molar-refractivity contribution is 0.157. The number of likely N-dealkylation sites (tertiary alicyclic amines) is 1. The van der Waals surface area contributed by atoms with Gasteiger partial charge in [-0.1, -0.05) is 48.6 Å². The molecule has 0 amide bonds. The first-order chi connectivity index (χ1) is 11.2. The van der Waals surface area contributed by atoms with E-state index in [-0.39, 0.29) is 11.9 Å². The van der Waals surface area contributed by atoms with Crippen molar-refractivity contribution in [2.75, 3.05) is 13.1 Å². The topological polar surface area (TPSA) is 53.7 Å². The van der Waals surface area contributed by atoms with Gasteiger partial charge in [0.25, 0.3) is 0 Å². The molecule has 1 aromatic carbocycles. The van der Waals surface area contributed by atoms with Crippen LogP contribution < -0.4 is 0 Å². The molecule has 4 rings (SSSR count). The van der Waals surface area contributed by atoms with Gasteiger partial charge in [-0.25, -0.2) is 4.98 Å². The zero-order valence-electron chi connectivity index (χ0n) is 13.1. The highest BCUT2D eigenvalue weighted by molar-refractivity contribution is 7.17. The molecular formula is C17H20N4OS. The summed E-state index contributed by atoms with van der Waals surface area (Å²) in [4.78, 5) is 8.37. The van der Waals surface area contributed by atoms with Gasteiger partial charge in [-0.2, -0.15) is 9.61 Å². The van der Waals surface area contributed by atoms with Gasteiger partial charge >= 0.3 is 0 Å². The molecular weight excluding hydrogens is 308 g/mol. The van der Waals surface area contributed by atoms with E-state index in [0.29, 0.717) is 0 Å². The average Bonchev–Trinajstić information content (AvgIpc) is 3.15. The predicted molar refractivity (Wildman–Crippen MR) is 90.8 cm³/mol. The molecule has 1 aliphatic rings. The second-order valence-electron chi connectivity index (χ2n) is 6.28. The molecule has 0 spiro atoms. The van der Waals surface area contributed by atoms with E-state index in [2.05, 4.69) is 46.2 Å². The van der Waals surface area contributed by atoms with Crippen LogP contribution in [0.3, 0.4) is 0 Å². The van der Waals surface area contributed by atoms with Gasteiger partial charge in [0, 0.05) is 0 Å². The zero-order chi connectivity index (χ0) is 15.8. The summed E-state index contributed by atoms with van der Waals surface area (Å²) < 4.78 is 1.53. The Morgan fingerprint density at radius 3 is 2.65 bits per heavy atom. The van der Waals surface area contributed by atoms with Crippen molar-refractivity contribution in [3.63, 3.8) is 0 Å². The normalized spacial score (nSPS) is 18.5. The molecule has 5 nitrogen and oxygen atoms in total. The Balaban J connectivity index is 1.78. The number of aromatic nitrogens is 3. The van der Waals surface area contributed by atoms with Gasteiger partial charge in [0.2, 0.25) is 10.8 Å². The minimum absolute atomic E-state index is 0.0669. The molecule has 1 saturated heterocycles. The standard InChI is InChI=1S/C17H20N4OS/c1-12-7-9-20(10-8-12)14(13-5-3-2-4-6-13)15-16(22)21-17(23-15)18-11-19-21/h2-6,11-12,14,22H,7-10H2,1H3. The summed E-state index contributed by atoms with van der Waals surface area (Å²) in [7, 11) is 0. The van der Waals surface area contributed by atoms with Crippen LogP contribution in [0.2, 0.25) is 0 Å². The number of aromatic hydroxyl groups is 1. The van der Waals surface area contributed by atoms with Crippen molar-refractivity contribution < 1.29 is 5.11 Å². The molecule has 2 aromatic heterocycles. The second kappa shape index (κ2) is 5.94. The molecule has 120 valence electrons. The van der Waals surface area contributed by atoms with E-state index in [4.69, 9.17) is 0 Å². The van der Waals surface area contributed by atoms with Gasteiger partial charge in [0.1, 0.15) is 6.33 Å². The molecule has 1 N–H and O–H groups in total. The number of nitrogens with zero attached hydrogens (tertiary/aromatic N) is 4. The van der Waals surface area contributed by atoms with Gasteiger partial charge in [0.05, 0.1) is 10.9 Å². The maximum Gasteiger partial charge on any atom is 0.230 e. The molecule has 0 radical (unpaired) electrons. The van der Waals surface area contributed by atoms with E-state index in [9.17, 15) is 5.11 Å². The SMILES string of the molecule is CC1CCN(C(c2ccccc2)c2sc3ncnn3c2O)CC1. The van der Waals surface area contributed by atoms with E-state index in [1.165, 1.54) is 40.6 Å². The van der Waals surface area contributed by atoms with Crippen LogP contribution in [-0.2, 0) is 0 Å². The van der Waals surface area contributed by atoms with Crippen LogP contribution in [0.15, 0.2) is 36.7 Å². The molecule has 1 atom stereocenters. The van der Waals surface area contributed by atoms with Crippen molar-refractivity contribution in [3.8, 4) is 5.88 Å². The Bertz CT molecular complexity index is 789. The molecule has 1 unspecified atom stereocenters. The van der Waals surface area contributed by atoms with E-state index in [1.54, 1.807) is 0 Å². The average molecular weight is 328 g/mol. The van der Waals surface area contributed by atoms with Crippen molar-refractivity contribution in [2.24, 2.45) is 5.92 Å². The van der Waals surface area contributed by atoms with Crippen molar-refractivity contribution in [3.05, 3.63) is 47.1 Å². The quantitative estimate of drug-likeness (QED) is 0.801. The van der Waals surface area contributed by atoms with Crippen LogP contribution in [0.1, 0.15) is 36.2 Å². The third kappa shape index (κ3) is 2.62. The number of piperidine rings is 1. The van der Waals surface area contributed by atoms with Gasteiger partial charge < -0.3 is 5.11 Å². The number of hydrogen-bond donors (Lipinski definition) is 1. The van der Waals surface area contributed by atoms with E-state index in [1.807, 2.05) is 6.07 Å². The highest BCUT2D eigenvalue weighted by Crippen LogP contribution is 2.40. The summed E-state index contributed by atoms with van der Waals surface area (Å²) in [5.74, 6) is 0.994. The minimum atomic E-state index is 0.0669. The van der Waals surface area contributed by atoms with Crippen LogP contribution >= 0.6 is 11.3 Å². The van der Waals surface area contributed by atoms with Gasteiger partial charge in [-0.3, -0.25) is 4.90 Å². The maximum atomic E-state index is 10.6. The number of thiazole rings is 1. The van der Waals surface area contributed by atoms with Crippen LogP contribution in [0.5, 0.6) is 5.88 Å². The molecule has 23 heavy (non-hydrogen) atoms. The molecule has 1 fully saturated rings. The molecule has 0 bridgehead atoms. The zero-order valence-corrected chi connectivity index (χ0v) is 13.9. The number of hydrogen-bond acceptors (Lipinski definition) is 5. The monoisotopic (exact) mass is 328 g/mol. The lowest BCUT2D eigenvalue weighted by atomic mass is 9.95. The fourth-order valence-electron chi connectivity index (χ4n) is 3.32. The summed E-state index contributed by atoms with van der Waals surface area (Å²) in [5, 5.41) is 14.8. The number of rotatable bonds is 3. The van der Waals surface area contributed by atoms with Gasteiger partial charge in [-0.05, 0) is 37.4 Å². The Morgan fingerprint density at radius 2 is 1.96 bits per heavy atom. The number of fused-ring (bicyclic) bond motifs is 1. The van der Waals surface area contributed by atoms with Crippen LogP contribution in [0.4, 0.5) is 0 Å². The van der Waals surface area contributed by atoms with Gasteiger partial charge in [-0.15, -0.1) is 0 Å². The molecule has 0 aliphatic carbocycles. The van der Waals surface area contributed by atoms with Crippen molar-refractivity contribution in [1.82, 2.24) is 19.5 Å². The largest absolute Gasteiger partial charge is 0.492 e. The predicted octanol–water partition coefficient (Wildman–Crippen LogP) is 3.32. The summed E-state index contributed by atoms with van der Waals surface area (Å²) in [6, 6.07) is 10.5. The molecule has 0 saturated carbocycles. The highest BCUT2D eigenvalue weighted by atomic mass is 32.1. The first-order valence-electron chi connectivity index (χ1n) is 8.04. The summed E-state index contributed by atoms with van der Waals surface area (Å²) in [6.45, 7) is 4.41. The summed E-state index contributed by atoms with van der Waals surface area (Å²) in [5.41, 5.74) is 1.21. The van der Waals surface area contributed by atoms with E-state index < -0.39 is 0 Å². The first-order valence-corrected chi connectivity index (χ1v) is 8.86. The maximum absolute atomic E-state index is 10.6. The van der Waals surface area contributed by atoms with E-state index in [0.717, 1.165) is 28.8 Å². The molecule has 6 heteroatoms. The lowest BCUT2D eigenvalue weighted by Crippen LogP contribution is -2.36. The summed E-state index contributed by atoms with van der Waals surface area (Å²) >= 11 is 1.53. The van der Waals surface area contributed by atoms with E-state index >= 15 is 0 Å². The molecule has 3 heterocycles. The smallest absolute Gasteiger partial charge is 0.230 e. The Morgan fingerprint density at radius 1 is 1.22 bits per heavy atom. The third-order valence-corrected chi connectivity index (χ3v) is 5.77. The highest BCUT2D eigenvalue weighted by Gasteiger charge is 2.30. The van der Waals surface area contributed by atoms with Crippen LogP contribution in [0, 0.1) is 5.92 Å². The van der Waals surface area contributed by atoms with Crippen LogP contribution in [-0.4, -0.2) is 37.7 Å². The van der Waals surface area contributed by atoms with Crippen molar-refractivity contribution in [1.29, 1.82) is 0 Å². The fraction of sp³-hybridized carbons (Fsp3) is 0.412. The molecule has 1 aliphatic heterocycles. The third-order valence-electron chi connectivity index (χ3n) is 4.69. The number of benzene rings is 1. The minimum Gasteiger partial charge on any atom is -0.492 e. The Labute approximate surface area is 139 Å². The molecule has 3 aromatic rings. The summed E-state index contributed by atoms with van der Waals surface area (Å²) in [6.07, 6.45) is 3.88. The Kier molecular flexibility index (Phi) is 3.79. The first kappa shape index (κ1) is 14.7. The Hall–Kier alpha value is -1.92. The van der Waals surface area contributed by atoms with Crippen LogP contribution in [0.25, 0.3) is 4.96 Å². The second-order valence-corrected chi connectivity index (χ2v) is 7.29. The fourth-order valence-corrected chi connectivity index (χ4v) is 4.41. The van der Waals surface area contributed by atoms with Crippen molar-refractivity contribution >= 4 is 16.3 Å².